The highest BCUT2D eigenvalue weighted by atomic mass is 19.1. The van der Waals surface area contributed by atoms with Crippen LogP contribution < -0.4 is 5.73 Å². The zero-order chi connectivity index (χ0) is 20.9. The van der Waals surface area contributed by atoms with Crippen molar-refractivity contribution in [3.05, 3.63) is 77.4 Å². The molecule has 1 amide bonds. The minimum Gasteiger partial charge on any atom is -0.369 e. The average Bonchev–Trinajstić information content (AvgIpc) is 3.23. The Labute approximate surface area is 174 Å². The fourth-order valence-electron chi connectivity index (χ4n) is 4.08. The third-order valence-corrected chi connectivity index (χ3v) is 5.76. The first kappa shape index (κ1) is 20.2. The monoisotopic (exact) mass is 408 g/mol. The topological polar surface area (TPSA) is 89.9 Å². The van der Waals surface area contributed by atoms with E-state index in [1.807, 2.05) is 24.3 Å². The molecule has 0 bridgehead atoms. The molecule has 1 fully saturated rings. The summed E-state index contributed by atoms with van der Waals surface area (Å²) in [6.07, 6.45) is 2.06. The second-order valence-corrected chi connectivity index (χ2v) is 7.63. The average molecular weight is 408 g/mol. The Morgan fingerprint density at radius 2 is 1.80 bits per heavy atom. The molecule has 1 atom stereocenters. The first-order chi connectivity index (χ1) is 14.6. The van der Waals surface area contributed by atoms with Gasteiger partial charge in [0, 0.05) is 18.0 Å². The van der Waals surface area contributed by atoms with Crippen molar-refractivity contribution in [2.75, 3.05) is 13.1 Å². The molecule has 0 radical (unpaired) electrons. The minimum atomic E-state index is -0.425. The molecule has 1 aliphatic heterocycles. The number of aromatic nitrogens is 4. The van der Waals surface area contributed by atoms with Gasteiger partial charge in [-0.05, 0) is 54.4 Å². The van der Waals surface area contributed by atoms with Gasteiger partial charge in [0.2, 0.25) is 5.91 Å². The Bertz CT molecular complexity index is 984. The highest BCUT2D eigenvalue weighted by molar-refractivity contribution is 5.76. The minimum absolute atomic E-state index is 0.142. The van der Waals surface area contributed by atoms with Gasteiger partial charge < -0.3 is 5.73 Å². The first-order valence-corrected chi connectivity index (χ1v) is 10.2. The van der Waals surface area contributed by atoms with Crippen molar-refractivity contribution >= 4 is 5.91 Å². The molecule has 2 aromatic carbocycles. The molecule has 8 heteroatoms. The Morgan fingerprint density at radius 1 is 1.10 bits per heavy atom. The lowest BCUT2D eigenvalue weighted by Crippen LogP contribution is -2.41. The number of rotatable bonds is 7. The van der Waals surface area contributed by atoms with Gasteiger partial charge >= 0.3 is 0 Å². The second-order valence-electron chi connectivity index (χ2n) is 7.63. The number of carbonyl (C=O) groups excluding carboxylic acids is 1. The van der Waals surface area contributed by atoms with E-state index < -0.39 is 6.04 Å². The lowest BCUT2D eigenvalue weighted by molar-refractivity contribution is -0.123. The van der Waals surface area contributed by atoms with E-state index in [0.29, 0.717) is 43.9 Å². The third kappa shape index (κ3) is 4.38. The molecule has 1 aromatic heterocycles. The smallest absolute Gasteiger partial charge is 0.220 e. The fourth-order valence-corrected chi connectivity index (χ4v) is 4.08. The molecule has 2 N–H and O–H groups in total. The van der Waals surface area contributed by atoms with Gasteiger partial charge in [0.1, 0.15) is 11.9 Å². The van der Waals surface area contributed by atoms with Gasteiger partial charge in [-0.15, -0.1) is 5.10 Å². The van der Waals surface area contributed by atoms with Crippen LogP contribution in [0.1, 0.15) is 35.8 Å². The van der Waals surface area contributed by atoms with Crippen LogP contribution in [0.2, 0.25) is 0 Å². The van der Waals surface area contributed by atoms with Crippen LogP contribution in [0.5, 0.6) is 0 Å². The van der Waals surface area contributed by atoms with Crippen LogP contribution in [0, 0.1) is 11.7 Å². The first-order valence-electron chi connectivity index (χ1n) is 10.2. The number of nitrogens with zero attached hydrogens (tertiary/aromatic N) is 5. The summed E-state index contributed by atoms with van der Waals surface area (Å²) in [6, 6.07) is 16.4. The zero-order valence-corrected chi connectivity index (χ0v) is 16.7. The molecule has 156 valence electrons. The molecule has 1 aliphatic rings. The number of halogens is 1. The fraction of sp³-hybridized carbons (Fsp3) is 0.364. The maximum Gasteiger partial charge on any atom is 0.220 e. The van der Waals surface area contributed by atoms with Crippen LogP contribution in [0.15, 0.2) is 54.6 Å². The number of hydrogen-bond acceptors (Lipinski definition) is 5. The number of aryl methyl sites for hydroxylation is 2. The number of hydrogen-bond donors (Lipinski definition) is 1. The Kier molecular flexibility index (Phi) is 6.13. The number of likely N-dealkylation sites (tertiary alicyclic amines) is 1. The number of nitrogens with two attached hydrogens (primary N) is 1. The lowest BCUT2D eigenvalue weighted by Gasteiger charge is -2.36. The SMILES string of the molecule is NC(=O)C1CCN(C(c2ccccc2F)c2nnnn2CCc2ccccc2)CC1. The van der Waals surface area contributed by atoms with Crippen molar-refractivity contribution in [3.63, 3.8) is 0 Å². The number of piperidine rings is 1. The lowest BCUT2D eigenvalue weighted by atomic mass is 9.93. The predicted molar refractivity (Wildman–Crippen MR) is 110 cm³/mol. The normalized spacial score (nSPS) is 16.4. The summed E-state index contributed by atoms with van der Waals surface area (Å²) in [5.74, 6) is -0.105. The van der Waals surface area contributed by atoms with Crippen LogP contribution in [0.3, 0.4) is 0 Å². The van der Waals surface area contributed by atoms with E-state index in [2.05, 4.69) is 32.6 Å². The number of benzene rings is 2. The van der Waals surface area contributed by atoms with E-state index in [9.17, 15) is 9.18 Å². The van der Waals surface area contributed by atoms with Gasteiger partial charge in [0.15, 0.2) is 5.82 Å². The zero-order valence-electron chi connectivity index (χ0n) is 16.7. The van der Waals surface area contributed by atoms with E-state index in [1.165, 1.54) is 11.6 Å². The molecule has 30 heavy (non-hydrogen) atoms. The molecular weight excluding hydrogens is 383 g/mol. The van der Waals surface area contributed by atoms with Crippen LogP contribution in [-0.4, -0.2) is 44.1 Å². The number of tetrazole rings is 1. The summed E-state index contributed by atoms with van der Waals surface area (Å²) in [5.41, 5.74) is 7.20. The summed E-state index contributed by atoms with van der Waals surface area (Å²) < 4.78 is 16.5. The molecule has 4 rings (SSSR count). The quantitative estimate of drug-likeness (QED) is 0.648. The van der Waals surface area contributed by atoms with E-state index in [1.54, 1.807) is 16.8 Å². The second kappa shape index (κ2) is 9.13. The van der Waals surface area contributed by atoms with Crippen LogP contribution >= 0.6 is 0 Å². The van der Waals surface area contributed by atoms with Gasteiger partial charge in [-0.3, -0.25) is 9.69 Å². The van der Waals surface area contributed by atoms with E-state index in [-0.39, 0.29) is 17.6 Å². The van der Waals surface area contributed by atoms with Gasteiger partial charge in [-0.1, -0.05) is 48.5 Å². The molecule has 2 heterocycles. The standard InChI is InChI=1S/C22H25FN6O/c23-19-9-5-4-8-18(19)20(28-13-11-17(12-14-28)21(24)30)22-25-26-27-29(22)15-10-16-6-2-1-3-7-16/h1-9,17,20H,10-15H2,(H2,24,30). The highest BCUT2D eigenvalue weighted by Crippen LogP contribution is 2.32. The largest absolute Gasteiger partial charge is 0.369 e. The van der Waals surface area contributed by atoms with Crippen molar-refractivity contribution in [3.8, 4) is 0 Å². The molecule has 3 aromatic rings. The van der Waals surface area contributed by atoms with Crippen LogP contribution in [0.25, 0.3) is 0 Å². The summed E-state index contributed by atoms with van der Waals surface area (Å²) in [5, 5.41) is 12.3. The van der Waals surface area contributed by atoms with Crippen LogP contribution in [0.4, 0.5) is 4.39 Å². The van der Waals surface area contributed by atoms with E-state index in [0.717, 1.165) is 6.42 Å². The van der Waals surface area contributed by atoms with E-state index >= 15 is 0 Å². The van der Waals surface area contributed by atoms with Gasteiger partial charge in [0.05, 0.1) is 0 Å². The van der Waals surface area contributed by atoms with Gasteiger partial charge in [0.25, 0.3) is 0 Å². The Morgan fingerprint density at radius 3 is 2.50 bits per heavy atom. The number of amides is 1. The maximum absolute atomic E-state index is 14.8. The Hall–Kier alpha value is -3.13. The molecule has 0 aliphatic carbocycles. The van der Waals surface area contributed by atoms with Crippen molar-refractivity contribution in [1.82, 2.24) is 25.1 Å². The summed E-state index contributed by atoms with van der Waals surface area (Å²) >= 11 is 0. The molecule has 1 saturated heterocycles. The van der Waals surface area contributed by atoms with Crippen molar-refractivity contribution in [1.29, 1.82) is 0 Å². The maximum atomic E-state index is 14.8. The van der Waals surface area contributed by atoms with Crippen molar-refractivity contribution in [2.24, 2.45) is 11.7 Å². The third-order valence-electron chi connectivity index (χ3n) is 5.76. The number of primary amides is 1. The molecule has 7 nitrogen and oxygen atoms in total. The van der Waals surface area contributed by atoms with Crippen molar-refractivity contribution in [2.45, 2.75) is 31.8 Å². The van der Waals surface area contributed by atoms with Gasteiger partial charge in [-0.25, -0.2) is 9.07 Å². The van der Waals surface area contributed by atoms with Crippen LogP contribution in [-0.2, 0) is 17.8 Å². The van der Waals surface area contributed by atoms with E-state index in [4.69, 9.17) is 5.73 Å². The Balaban J connectivity index is 1.62. The predicted octanol–water partition coefficient (Wildman–Crippen LogP) is 2.34. The highest BCUT2D eigenvalue weighted by Gasteiger charge is 2.33. The molecule has 0 spiro atoms. The number of carbonyl (C=O) groups is 1. The summed E-state index contributed by atoms with van der Waals surface area (Å²) in [6.45, 7) is 1.84. The summed E-state index contributed by atoms with van der Waals surface area (Å²) in [4.78, 5) is 13.7. The molecule has 0 saturated carbocycles. The van der Waals surface area contributed by atoms with Gasteiger partial charge in [-0.2, -0.15) is 0 Å². The molecular formula is C22H25FN6O. The molecule has 1 unspecified atom stereocenters. The van der Waals surface area contributed by atoms with Crippen molar-refractivity contribution < 1.29 is 9.18 Å². The summed E-state index contributed by atoms with van der Waals surface area (Å²) in [7, 11) is 0.